The lowest BCUT2D eigenvalue weighted by molar-refractivity contribution is -0.0534. The van der Waals surface area contributed by atoms with Crippen LogP contribution in [-0.4, -0.2) is 33.9 Å². The third kappa shape index (κ3) is 4.44. The number of nitrogens with one attached hydrogen (secondary N) is 1. The van der Waals surface area contributed by atoms with Crippen molar-refractivity contribution in [2.75, 3.05) is 5.32 Å². The lowest BCUT2D eigenvalue weighted by Gasteiger charge is -2.42. The number of aromatic nitrogens is 1. The van der Waals surface area contributed by atoms with E-state index < -0.39 is 5.92 Å². The van der Waals surface area contributed by atoms with Gasteiger partial charge in [0.05, 0.1) is 0 Å². The maximum atomic E-state index is 13.6. The van der Waals surface area contributed by atoms with E-state index in [1.165, 1.54) is 30.6 Å². The first kappa shape index (κ1) is 19.1. The summed E-state index contributed by atoms with van der Waals surface area (Å²) >= 11 is 1.57. The minimum Gasteiger partial charge on any atom is -0.319 e. The van der Waals surface area contributed by atoms with Gasteiger partial charge in [-0.3, -0.25) is 5.32 Å². The van der Waals surface area contributed by atoms with E-state index in [1.54, 1.807) is 11.3 Å². The number of urea groups is 1. The highest BCUT2D eigenvalue weighted by molar-refractivity contribution is 7.15. The van der Waals surface area contributed by atoms with Crippen LogP contribution in [0.25, 0.3) is 0 Å². The molecule has 27 heavy (non-hydrogen) atoms. The molecule has 1 heterocycles. The number of carbonyl (C=O) groups excluding carboxylic acids is 1. The van der Waals surface area contributed by atoms with Gasteiger partial charge in [0.25, 0.3) is 0 Å². The molecule has 0 saturated heterocycles. The number of thiazole rings is 1. The van der Waals surface area contributed by atoms with Crippen molar-refractivity contribution >= 4 is 22.5 Å². The van der Waals surface area contributed by atoms with Crippen LogP contribution in [0.5, 0.6) is 0 Å². The van der Waals surface area contributed by atoms with Crippen molar-refractivity contribution in [3.8, 4) is 0 Å². The quantitative estimate of drug-likeness (QED) is 0.662. The number of halogens is 2. The topological polar surface area (TPSA) is 45.2 Å². The largest absolute Gasteiger partial charge is 0.324 e. The maximum absolute atomic E-state index is 13.6. The summed E-state index contributed by atoms with van der Waals surface area (Å²) in [6, 6.07) is -0.0630. The molecule has 0 atom stereocenters. The van der Waals surface area contributed by atoms with Gasteiger partial charge < -0.3 is 4.90 Å². The molecule has 0 aliphatic heterocycles. The van der Waals surface area contributed by atoms with Crippen molar-refractivity contribution in [1.82, 2.24) is 9.88 Å². The summed E-state index contributed by atoms with van der Waals surface area (Å²) in [7, 11) is 0. The summed E-state index contributed by atoms with van der Waals surface area (Å²) in [5.74, 6) is -1.97. The number of rotatable bonds is 4. The van der Waals surface area contributed by atoms with E-state index >= 15 is 0 Å². The number of alkyl halides is 2. The van der Waals surface area contributed by atoms with Gasteiger partial charge in [0, 0.05) is 36.0 Å². The summed E-state index contributed by atoms with van der Waals surface area (Å²) < 4.78 is 27.2. The number of hydrogen-bond donors (Lipinski definition) is 1. The molecule has 2 amide bonds. The van der Waals surface area contributed by atoms with Gasteiger partial charge in [-0.05, 0) is 44.4 Å². The van der Waals surface area contributed by atoms with Crippen LogP contribution in [0, 0.1) is 0 Å². The molecule has 0 aromatic carbocycles. The van der Waals surface area contributed by atoms with Crippen molar-refractivity contribution in [3.63, 3.8) is 0 Å². The van der Waals surface area contributed by atoms with Crippen LogP contribution in [0.15, 0.2) is 6.20 Å². The zero-order valence-electron chi connectivity index (χ0n) is 15.8. The van der Waals surface area contributed by atoms with E-state index in [9.17, 15) is 13.6 Å². The van der Waals surface area contributed by atoms with Crippen LogP contribution < -0.4 is 5.32 Å². The van der Waals surface area contributed by atoms with Crippen molar-refractivity contribution < 1.29 is 13.6 Å². The molecule has 1 aromatic heterocycles. The summed E-state index contributed by atoms with van der Waals surface area (Å²) in [5.41, 5.74) is 0. The fraction of sp³-hybridized carbons (Fsp3) is 0.800. The van der Waals surface area contributed by atoms with Crippen LogP contribution in [0.3, 0.4) is 0 Å². The van der Waals surface area contributed by atoms with Gasteiger partial charge in [-0.25, -0.2) is 18.6 Å². The predicted molar refractivity (Wildman–Crippen MR) is 104 cm³/mol. The Morgan fingerprint density at radius 2 is 1.70 bits per heavy atom. The molecule has 3 aliphatic carbocycles. The van der Waals surface area contributed by atoms with E-state index in [2.05, 4.69) is 10.3 Å². The first-order valence-corrected chi connectivity index (χ1v) is 11.3. The van der Waals surface area contributed by atoms with Gasteiger partial charge in [0.15, 0.2) is 5.13 Å². The standard InChI is InChI=1S/C20H29F2N3OS/c21-20(22)11-9-16(10-12-20)25(15-7-2-1-3-8-15)19(26)24-18-23-13-17(27-18)14-5-4-6-14/h13-16H,1-12H2,(H,23,24,26). The van der Waals surface area contributed by atoms with Crippen molar-refractivity contribution in [2.24, 2.45) is 0 Å². The highest BCUT2D eigenvalue weighted by Gasteiger charge is 2.40. The van der Waals surface area contributed by atoms with E-state index in [1.807, 2.05) is 11.1 Å². The molecule has 3 aliphatic rings. The van der Waals surface area contributed by atoms with Gasteiger partial charge in [-0.2, -0.15) is 0 Å². The fourth-order valence-corrected chi connectivity index (χ4v) is 5.65. The summed E-state index contributed by atoms with van der Waals surface area (Å²) in [6.45, 7) is 0. The first-order valence-electron chi connectivity index (χ1n) is 10.4. The highest BCUT2D eigenvalue weighted by Crippen LogP contribution is 2.41. The SMILES string of the molecule is O=C(Nc1ncc(C2CCC2)s1)N(C1CCCCC1)C1CCC(F)(F)CC1. The second kappa shape index (κ2) is 8.02. The van der Waals surface area contributed by atoms with Gasteiger partial charge in [0.2, 0.25) is 5.92 Å². The highest BCUT2D eigenvalue weighted by atomic mass is 32.1. The molecule has 0 unspecified atom stereocenters. The third-order valence-electron chi connectivity index (χ3n) is 6.53. The van der Waals surface area contributed by atoms with Crippen molar-refractivity contribution in [3.05, 3.63) is 11.1 Å². The minimum absolute atomic E-state index is 0.0845. The van der Waals surface area contributed by atoms with Gasteiger partial charge in [0.1, 0.15) is 0 Å². The lowest BCUT2D eigenvalue weighted by atomic mass is 9.85. The smallest absolute Gasteiger partial charge is 0.319 e. The van der Waals surface area contributed by atoms with E-state index in [0.717, 1.165) is 25.7 Å². The molecule has 0 bridgehead atoms. The first-order chi connectivity index (χ1) is 13.0. The predicted octanol–water partition coefficient (Wildman–Crippen LogP) is 6.16. The van der Waals surface area contributed by atoms with Crippen LogP contribution in [0.4, 0.5) is 18.7 Å². The Morgan fingerprint density at radius 1 is 1.04 bits per heavy atom. The Morgan fingerprint density at radius 3 is 2.33 bits per heavy atom. The van der Waals surface area contributed by atoms with E-state index in [4.69, 9.17) is 0 Å². The normalized spacial score (nSPS) is 24.4. The summed E-state index contributed by atoms with van der Waals surface area (Å²) in [6.07, 6.45) is 11.5. The maximum Gasteiger partial charge on any atom is 0.324 e. The third-order valence-corrected chi connectivity index (χ3v) is 7.60. The summed E-state index contributed by atoms with van der Waals surface area (Å²) in [5, 5.41) is 3.63. The van der Waals surface area contributed by atoms with Crippen LogP contribution in [0.2, 0.25) is 0 Å². The number of hydrogen-bond acceptors (Lipinski definition) is 3. The zero-order valence-corrected chi connectivity index (χ0v) is 16.6. The number of nitrogens with zero attached hydrogens (tertiary/aromatic N) is 2. The number of anilines is 1. The second-order valence-electron chi connectivity index (χ2n) is 8.41. The Hall–Kier alpha value is -1.24. The Labute approximate surface area is 163 Å². The van der Waals surface area contributed by atoms with Gasteiger partial charge >= 0.3 is 6.03 Å². The van der Waals surface area contributed by atoms with Crippen LogP contribution >= 0.6 is 11.3 Å². The molecular weight excluding hydrogens is 368 g/mol. The Kier molecular flexibility index (Phi) is 5.67. The molecule has 1 aromatic rings. The molecule has 0 spiro atoms. The van der Waals surface area contributed by atoms with Crippen molar-refractivity contribution in [2.45, 2.75) is 101 Å². The van der Waals surface area contributed by atoms with Gasteiger partial charge in [-0.1, -0.05) is 25.7 Å². The molecule has 7 heteroatoms. The Bertz CT molecular complexity index is 645. The molecule has 4 nitrogen and oxygen atoms in total. The van der Waals surface area contributed by atoms with Gasteiger partial charge in [-0.15, -0.1) is 11.3 Å². The molecular formula is C20H29F2N3OS. The van der Waals surface area contributed by atoms with Crippen LogP contribution in [0.1, 0.15) is 87.8 Å². The molecule has 3 saturated carbocycles. The molecule has 3 fully saturated rings. The molecule has 150 valence electrons. The second-order valence-corrected chi connectivity index (χ2v) is 9.47. The molecule has 4 rings (SSSR count). The molecule has 0 radical (unpaired) electrons. The molecule has 1 N–H and O–H groups in total. The minimum atomic E-state index is -2.57. The number of amides is 2. The average Bonchev–Trinajstić information content (AvgIpc) is 3.04. The van der Waals surface area contributed by atoms with Crippen LogP contribution in [-0.2, 0) is 0 Å². The zero-order chi connectivity index (χ0) is 18.9. The van der Waals surface area contributed by atoms with Crippen molar-refractivity contribution in [1.29, 1.82) is 0 Å². The van der Waals surface area contributed by atoms with E-state index in [0.29, 0.717) is 23.9 Å². The Balaban J connectivity index is 1.45. The van der Waals surface area contributed by atoms with E-state index in [-0.39, 0.29) is 31.0 Å². The fourth-order valence-electron chi connectivity index (χ4n) is 4.67. The summed E-state index contributed by atoms with van der Waals surface area (Å²) in [4.78, 5) is 20.7. The average molecular weight is 398 g/mol. The monoisotopic (exact) mass is 397 g/mol. The number of carbonyl (C=O) groups is 1. The lowest BCUT2D eigenvalue weighted by Crippen LogP contribution is -2.51.